The molecule has 4 rings (SSSR count). The number of carbonyl (C=O) groups excluding carboxylic acids is 1. The molecule has 1 aliphatic heterocycles. The van der Waals surface area contributed by atoms with Crippen LogP contribution in [0.25, 0.3) is 11.4 Å². The van der Waals surface area contributed by atoms with E-state index >= 15 is 0 Å². The van der Waals surface area contributed by atoms with E-state index in [9.17, 15) is 4.79 Å². The Labute approximate surface area is 184 Å². The van der Waals surface area contributed by atoms with Crippen LogP contribution in [-0.2, 0) is 17.8 Å². The highest BCUT2D eigenvalue weighted by molar-refractivity contribution is 9.10. The topological polar surface area (TPSA) is 71.3 Å². The molecule has 0 spiro atoms. The van der Waals surface area contributed by atoms with Crippen LogP contribution in [0.2, 0.25) is 0 Å². The van der Waals surface area contributed by atoms with E-state index in [0.717, 1.165) is 48.1 Å². The summed E-state index contributed by atoms with van der Waals surface area (Å²) in [6, 6.07) is 15.9. The van der Waals surface area contributed by atoms with Crippen molar-refractivity contribution in [2.45, 2.75) is 32.7 Å². The summed E-state index contributed by atoms with van der Waals surface area (Å²) in [5.74, 6) is 1.34. The zero-order chi connectivity index (χ0) is 20.9. The number of aryl methyl sites for hydroxylation is 1. The maximum atomic E-state index is 12.6. The second kappa shape index (κ2) is 9.53. The maximum Gasteiger partial charge on any atom is 0.241 e. The summed E-state index contributed by atoms with van der Waals surface area (Å²) in [5.41, 5.74) is 3.06. The lowest BCUT2D eigenvalue weighted by Gasteiger charge is -2.30. The van der Waals surface area contributed by atoms with Crippen LogP contribution in [0.1, 0.15) is 31.2 Å². The number of anilines is 1. The van der Waals surface area contributed by atoms with Crippen molar-refractivity contribution in [3.63, 3.8) is 0 Å². The molecular weight excluding hydrogens is 444 g/mol. The van der Waals surface area contributed by atoms with Crippen molar-refractivity contribution in [1.82, 2.24) is 15.0 Å². The Morgan fingerprint density at radius 2 is 1.83 bits per heavy atom. The molecule has 6 nitrogen and oxygen atoms in total. The van der Waals surface area contributed by atoms with Gasteiger partial charge < -0.3 is 9.84 Å². The number of nitrogens with one attached hydrogen (secondary N) is 1. The van der Waals surface area contributed by atoms with Gasteiger partial charge in [0.1, 0.15) is 0 Å². The van der Waals surface area contributed by atoms with Gasteiger partial charge in [0.05, 0.1) is 6.54 Å². The lowest BCUT2D eigenvalue weighted by Crippen LogP contribution is -2.37. The Kier molecular flexibility index (Phi) is 6.59. The van der Waals surface area contributed by atoms with Gasteiger partial charge in [-0.2, -0.15) is 4.98 Å². The molecule has 1 amide bonds. The molecule has 0 aliphatic carbocycles. The van der Waals surface area contributed by atoms with Gasteiger partial charge >= 0.3 is 0 Å². The molecule has 1 N–H and O–H groups in total. The highest BCUT2D eigenvalue weighted by Gasteiger charge is 2.26. The molecule has 156 valence electrons. The molecule has 0 bridgehead atoms. The monoisotopic (exact) mass is 468 g/mol. The SMILES string of the molecule is CCc1ccc(NC(=O)C2CCN(Cc3nc(-c4ccc(Br)cc4)no3)CC2)cc1. The number of aromatic nitrogens is 2. The van der Waals surface area contributed by atoms with Crippen LogP contribution in [0.3, 0.4) is 0 Å². The van der Waals surface area contributed by atoms with E-state index < -0.39 is 0 Å². The molecular formula is C23H25BrN4O2. The number of hydrogen-bond donors (Lipinski definition) is 1. The van der Waals surface area contributed by atoms with Crippen molar-refractivity contribution in [2.75, 3.05) is 18.4 Å². The first-order valence-corrected chi connectivity index (χ1v) is 11.1. The summed E-state index contributed by atoms with van der Waals surface area (Å²) >= 11 is 3.43. The average Bonchev–Trinajstić information content (AvgIpc) is 3.23. The van der Waals surface area contributed by atoms with Gasteiger partial charge in [0.25, 0.3) is 0 Å². The average molecular weight is 469 g/mol. The molecule has 0 unspecified atom stereocenters. The summed E-state index contributed by atoms with van der Waals surface area (Å²) < 4.78 is 6.44. The summed E-state index contributed by atoms with van der Waals surface area (Å²) in [4.78, 5) is 19.4. The predicted molar refractivity (Wildman–Crippen MR) is 120 cm³/mol. The Hall–Kier alpha value is -2.51. The largest absolute Gasteiger partial charge is 0.338 e. The van der Waals surface area contributed by atoms with Gasteiger partial charge in [0.15, 0.2) is 0 Å². The fourth-order valence-electron chi connectivity index (χ4n) is 3.65. The Balaban J connectivity index is 1.27. The van der Waals surface area contributed by atoms with Crippen LogP contribution in [0.5, 0.6) is 0 Å². The number of likely N-dealkylation sites (tertiary alicyclic amines) is 1. The second-order valence-electron chi connectivity index (χ2n) is 7.61. The highest BCUT2D eigenvalue weighted by Crippen LogP contribution is 2.23. The minimum atomic E-state index is 0.0353. The molecule has 0 radical (unpaired) electrons. The third-order valence-electron chi connectivity index (χ3n) is 5.52. The highest BCUT2D eigenvalue weighted by atomic mass is 79.9. The third kappa shape index (κ3) is 5.15. The van der Waals surface area contributed by atoms with Crippen molar-refractivity contribution >= 4 is 27.5 Å². The van der Waals surface area contributed by atoms with Crippen molar-refractivity contribution in [3.05, 3.63) is 64.5 Å². The number of nitrogens with zero attached hydrogens (tertiary/aromatic N) is 3. The molecule has 2 heterocycles. The van der Waals surface area contributed by atoms with Crippen LogP contribution in [0, 0.1) is 5.92 Å². The maximum absolute atomic E-state index is 12.6. The standard InChI is InChI=1S/C23H25BrN4O2/c1-2-16-3-9-20(10-4-16)25-23(29)18-11-13-28(14-12-18)15-21-26-22(27-30-21)17-5-7-19(24)8-6-17/h3-10,18H,2,11-15H2,1H3,(H,25,29). The lowest BCUT2D eigenvalue weighted by molar-refractivity contribution is -0.121. The van der Waals surface area contributed by atoms with Crippen molar-refractivity contribution in [3.8, 4) is 11.4 Å². The van der Waals surface area contributed by atoms with Crippen molar-refractivity contribution in [1.29, 1.82) is 0 Å². The first kappa shape index (κ1) is 20.8. The molecule has 30 heavy (non-hydrogen) atoms. The number of hydrogen-bond acceptors (Lipinski definition) is 5. The van der Waals surface area contributed by atoms with Crippen LogP contribution in [0.4, 0.5) is 5.69 Å². The van der Waals surface area contributed by atoms with Crippen molar-refractivity contribution < 1.29 is 9.32 Å². The Morgan fingerprint density at radius 3 is 2.50 bits per heavy atom. The summed E-state index contributed by atoms with van der Waals surface area (Å²) in [5, 5.41) is 7.14. The number of rotatable bonds is 6. The van der Waals surface area contributed by atoms with Gasteiger partial charge in [0, 0.05) is 21.6 Å². The number of benzene rings is 2. The van der Waals surface area contributed by atoms with Crippen LogP contribution < -0.4 is 5.32 Å². The molecule has 3 aromatic rings. The minimum Gasteiger partial charge on any atom is -0.338 e. The quantitative estimate of drug-likeness (QED) is 0.556. The zero-order valence-corrected chi connectivity index (χ0v) is 18.6. The number of amides is 1. The zero-order valence-electron chi connectivity index (χ0n) is 17.0. The minimum absolute atomic E-state index is 0.0353. The smallest absolute Gasteiger partial charge is 0.241 e. The molecule has 7 heteroatoms. The third-order valence-corrected chi connectivity index (χ3v) is 6.05. The van der Waals surface area contributed by atoms with E-state index in [1.165, 1.54) is 5.56 Å². The summed E-state index contributed by atoms with van der Waals surface area (Å²) in [6.45, 7) is 4.40. The summed E-state index contributed by atoms with van der Waals surface area (Å²) in [7, 11) is 0. The van der Waals surface area contributed by atoms with Crippen LogP contribution in [0.15, 0.2) is 57.5 Å². The lowest BCUT2D eigenvalue weighted by atomic mass is 9.96. The first-order valence-electron chi connectivity index (χ1n) is 10.3. The fourth-order valence-corrected chi connectivity index (χ4v) is 3.91. The van der Waals surface area contributed by atoms with Gasteiger partial charge in [-0.25, -0.2) is 0 Å². The molecule has 2 aromatic carbocycles. The van der Waals surface area contributed by atoms with E-state index in [0.29, 0.717) is 18.3 Å². The first-order chi connectivity index (χ1) is 14.6. The molecule has 0 atom stereocenters. The molecule has 1 aliphatic rings. The normalized spacial score (nSPS) is 15.3. The molecule has 1 fully saturated rings. The summed E-state index contributed by atoms with van der Waals surface area (Å²) in [6.07, 6.45) is 2.65. The van der Waals surface area contributed by atoms with Gasteiger partial charge in [-0.15, -0.1) is 0 Å². The van der Waals surface area contributed by atoms with Crippen LogP contribution >= 0.6 is 15.9 Å². The molecule has 1 aromatic heterocycles. The number of carbonyl (C=O) groups is 1. The number of piperidine rings is 1. The Morgan fingerprint density at radius 1 is 1.13 bits per heavy atom. The van der Waals surface area contributed by atoms with E-state index in [-0.39, 0.29) is 11.8 Å². The molecule has 0 saturated carbocycles. The number of halogens is 1. The second-order valence-corrected chi connectivity index (χ2v) is 8.52. The van der Waals surface area contributed by atoms with E-state index in [2.05, 4.69) is 55.3 Å². The van der Waals surface area contributed by atoms with E-state index in [1.54, 1.807) is 0 Å². The van der Waals surface area contributed by atoms with E-state index in [4.69, 9.17) is 4.52 Å². The van der Waals surface area contributed by atoms with Gasteiger partial charge in [0.2, 0.25) is 17.6 Å². The van der Waals surface area contributed by atoms with Crippen LogP contribution in [-0.4, -0.2) is 34.0 Å². The molecule has 1 saturated heterocycles. The van der Waals surface area contributed by atoms with Crippen molar-refractivity contribution in [2.24, 2.45) is 5.92 Å². The Bertz CT molecular complexity index is 977. The predicted octanol–water partition coefficient (Wildman–Crippen LogP) is 4.91. The van der Waals surface area contributed by atoms with Gasteiger partial charge in [-0.1, -0.05) is 40.1 Å². The van der Waals surface area contributed by atoms with E-state index in [1.807, 2.05) is 36.4 Å². The van der Waals surface area contributed by atoms with Gasteiger partial charge in [-0.3, -0.25) is 9.69 Å². The fraction of sp³-hybridized carbons (Fsp3) is 0.348. The van der Waals surface area contributed by atoms with Gasteiger partial charge in [-0.05, 0) is 74.3 Å².